The Hall–Kier alpha value is -0.820. The molecular formula is C14H21N. The Labute approximate surface area is 92.7 Å². The second kappa shape index (κ2) is 4.80. The van der Waals surface area contributed by atoms with Crippen LogP contribution in [0.5, 0.6) is 0 Å². The van der Waals surface area contributed by atoms with Crippen molar-refractivity contribution in [2.45, 2.75) is 50.5 Å². The average Bonchev–Trinajstić information content (AvgIpc) is 2.25. The Morgan fingerprint density at radius 2 is 1.33 bits per heavy atom. The predicted octanol–water partition coefficient (Wildman–Crippen LogP) is 3.58. The summed E-state index contributed by atoms with van der Waals surface area (Å²) in [5.74, 6) is 0. The van der Waals surface area contributed by atoms with Gasteiger partial charge in [-0.15, -0.1) is 0 Å². The quantitative estimate of drug-likeness (QED) is 0.741. The van der Waals surface area contributed by atoms with E-state index in [4.69, 9.17) is 5.73 Å². The molecule has 0 atom stereocenters. The minimum Gasteiger partial charge on any atom is -0.321 e. The zero-order valence-electron chi connectivity index (χ0n) is 9.41. The normalized spacial score (nSPS) is 21.7. The Balaban J connectivity index is 2.15. The number of hydrogen-bond donors (Lipinski definition) is 1. The van der Waals surface area contributed by atoms with Gasteiger partial charge in [-0.25, -0.2) is 0 Å². The zero-order valence-corrected chi connectivity index (χ0v) is 9.41. The fourth-order valence-electron chi connectivity index (χ4n) is 2.59. The highest BCUT2D eigenvalue weighted by Crippen LogP contribution is 2.32. The summed E-state index contributed by atoms with van der Waals surface area (Å²) >= 11 is 0. The summed E-state index contributed by atoms with van der Waals surface area (Å²) in [6.07, 6.45) is 8.97. The van der Waals surface area contributed by atoms with Gasteiger partial charge in [0.2, 0.25) is 0 Å². The van der Waals surface area contributed by atoms with E-state index in [0.29, 0.717) is 0 Å². The molecule has 15 heavy (non-hydrogen) atoms. The molecule has 1 nitrogen and oxygen atoms in total. The van der Waals surface area contributed by atoms with Gasteiger partial charge in [0, 0.05) is 5.54 Å². The Morgan fingerprint density at radius 1 is 0.800 bits per heavy atom. The van der Waals surface area contributed by atoms with Gasteiger partial charge in [0.15, 0.2) is 0 Å². The molecule has 1 fully saturated rings. The second-order valence-corrected chi connectivity index (χ2v) is 4.79. The van der Waals surface area contributed by atoms with Crippen molar-refractivity contribution in [1.29, 1.82) is 0 Å². The third kappa shape index (κ3) is 2.60. The lowest BCUT2D eigenvalue weighted by atomic mass is 9.79. The molecular weight excluding hydrogens is 182 g/mol. The van der Waals surface area contributed by atoms with E-state index >= 15 is 0 Å². The molecule has 0 unspecified atom stereocenters. The molecule has 1 heteroatoms. The van der Waals surface area contributed by atoms with Crippen molar-refractivity contribution in [1.82, 2.24) is 0 Å². The highest BCUT2D eigenvalue weighted by Gasteiger charge is 2.26. The maximum absolute atomic E-state index is 6.55. The number of benzene rings is 1. The van der Waals surface area contributed by atoms with Crippen molar-refractivity contribution in [3.05, 3.63) is 35.9 Å². The summed E-state index contributed by atoms with van der Waals surface area (Å²) in [6.45, 7) is 0. The van der Waals surface area contributed by atoms with Gasteiger partial charge in [-0.1, -0.05) is 62.4 Å². The van der Waals surface area contributed by atoms with Crippen LogP contribution in [0.15, 0.2) is 30.3 Å². The van der Waals surface area contributed by atoms with Crippen molar-refractivity contribution < 1.29 is 0 Å². The van der Waals surface area contributed by atoms with Crippen LogP contribution >= 0.6 is 0 Å². The van der Waals surface area contributed by atoms with Gasteiger partial charge >= 0.3 is 0 Å². The topological polar surface area (TPSA) is 26.0 Å². The van der Waals surface area contributed by atoms with Crippen LogP contribution in [0, 0.1) is 0 Å². The Kier molecular flexibility index (Phi) is 3.42. The van der Waals surface area contributed by atoms with Crippen LogP contribution in [0.3, 0.4) is 0 Å². The summed E-state index contributed by atoms with van der Waals surface area (Å²) in [5, 5.41) is 0. The molecule has 82 valence electrons. The van der Waals surface area contributed by atoms with Crippen molar-refractivity contribution in [2.24, 2.45) is 5.73 Å². The van der Waals surface area contributed by atoms with Gasteiger partial charge < -0.3 is 5.73 Å². The molecule has 0 heterocycles. The minimum absolute atomic E-state index is 0.0539. The summed E-state index contributed by atoms with van der Waals surface area (Å²) in [7, 11) is 0. The van der Waals surface area contributed by atoms with Crippen molar-refractivity contribution in [2.75, 3.05) is 0 Å². The van der Waals surface area contributed by atoms with Gasteiger partial charge in [-0.05, 0) is 18.4 Å². The lowest BCUT2D eigenvalue weighted by Crippen LogP contribution is -2.37. The van der Waals surface area contributed by atoms with Gasteiger partial charge in [0.25, 0.3) is 0 Å². The smallest absolute Gasteiger partial charge is 0.0409 e. The van der Waals surface area contributed by atoms with Crippen LogP contribution in [0.2, 0.25) is 0 Å². The fourth-order valence-corrected chi connectivity index (χ4v) is 2.59. The third-order valence-electron chi connectivity index (χ3n) is 3.59. The highest BCUT2D eigenvalue weighted by atomic mass is 14.7. The molecule has 1 aliphatic carbocycles. The van der Waals surface area contributed by atoms with Crippen LogP contribution in [0.25, 0.3) is 0 Å². The van der Waals surface area contributed by atoms with E-state index in [0.717, 1.165) is 12.8 Å². The molecule has 1 saturated carbocycles. The van der Waals surface area contributed by atoms with E-state index < -0.39 is 0 Å². The number of rotatable bonds is 1. The first-order valence-electron chi connectivity index (χ1n) is 6.16. The number of hydrogen-bond acceptors (Lipinski definition) is 1. The van der Waals surface area contributed by atoms with E-state index in [1.165, 1.54) is 37.7 Å². The lowest BCUT2D eigenvalue weighted by Gasteiger charge is -2.32. The van der Waals surface area contributed by atoms with Crippen LogP contribution in [0.4, 0.5) is 0 Å². The molecule has 1 aliphatic rings. The SMILES string of the molecule is NC1(c2ccccc2)CCCCCCC1. The second-order valence-electron chi connectivity index (χ2n) is 4.79. The summed E-state index contributed by atoms with van der Waals surface area (Å²) in [6, 6.07) is 10.6. The van der Waals surface area contributed by atoms with E-state index in [1.54, 1.807) is 0 Å². The standard InChI is InChI=1S/C14H21N/c15-14(13-9-5-4-6-10-13)11-7-2-1-3-8-12-14/h4-6,9-10H,1-3,7-8,11-12,15H2. The van der Waals surface area contributed by atoms with E-state index in [9.17, 15) is 0 Å². The van der Waals surface area contributed by atoms with Gasteiger partial charge in [0.05, 0.1) is 0 Å². The van der Waals surface area contributed by atoms with E-state index in [2.05, 4.69) is 30.3 Å². The maximum Gasteiger partial charge on any atom is 0.0409 e. The van der Waals surface area contributed by atoms with Crippen LogP contribution < -0.4 is 5.73 Å². The Bertz CT molecular complexity index is 283. The monoisotopic (exact) mass is 203 g/mol. The molecule has 0 aliphatic heterocycles. The molecule has 0 saturated heterocycles. The first-order valence-corrected chi connectivity index (χ1v) is 6.16. The maximum atomic E-state index is 6.55. The number of nitrogens with two attached hydrogens (primary N) is 1. The first kappa shape index (κ1) is 10.7. The molecule has 1 aromatic carbocycles. The Morgan fingerprint density at radius 3 is 1.93 bits per heavy atom. The molecule has 0 radical (unpaired) electrons. The molecule has 2 N–H and O–H groups in total. The summed E-state index contributed by atoms with van der Waals surface area (Å²) in [5.41, 5.74) is 7.82. The third-order valence-corrected chi connectivity index (χ3v) is 3.59. The molecule has 0 spiro atoms. The fraction of sp³-hybridized carbons (Fsp3) is 0.571. The molecule has 0 amide bonds. The van der Waals surface area contributed by atoms with Crippen LogP contribution in [-0.2, 0) is 5.54 Å². The summed E-state index contributed by atoms with van der Waals surface area (Å²) in [4.78, 5) is 0. The molecule has 2 rings (SSSR count). The molecule has 0 bridgehead atoms. The first-order chi connectivity index (χ1) is 7.31. The van der Waals surface area contributed by atoms with E-state index in [1.807, 2.05) is 0 Å². The minimum atomic E-state index is -0.0539. The van der Waals surface area contributed by atoms with E-state index in [-0.39, 0.29) is 5.54 Å². The van der Waals surface area contributed by atoms with Crippen molar-refractivity contribution in [3.63, 3.8) is 0 Å². The summed E-state index contributed by atoms with van der Waals surface area (Å²) < 4.78 is 0. The van der Waals surface area contributed by atoms with Gasteiger partial charge in [-0.3, -0.25) is 0 Å². The highest BCUT2D eigenvalue weighted by molar-refractivity contribution is 5.23. The predicted molar refractivity (Wildman–Crippen MR) is 64.6 cm³/mol. The van der Waals surface area contributed by atoms with Crippen LogP contribution in [0.1, 0.15) is 50.5 Å². The van der Waals surface area contributed by atoms with Crippen molar-refractivity contribution in [3.8, 4) is 0 Å². The van der Waals surface area contributed by atoms with Gasteiger partial charge in [0.1, 0.15) is 0 Å². The van der Waals surface area contributed by atoms with Gasteiger partial charge in [-0.2, -0.15) is 0 Å². The average molecular weight is 203 g/mol. The zero-order chi connectivity index (χ0) is 10.6. The molecule has 1 aromatic rings. The van der Waals surface area contributed by atoms with Crippen LogP contribution in [-0.4, -0.2) is 0 Å². The lowest BCUT2D eigenvalue weighted by molar-refractivity contribution is 0.323. The van der Waals surface area contributed by atoms with Crippen molar-refractivity contribution >= 4 is 0 Å². The molecule has 0 aromatic heterocycles. The largest absolute Gasteiger partial charge is 0.321 e.